The summed E-state index contributed by atoms with van der Waals surface area (Å²) in [4.78, 5) is 24.0. The maximum absolute atomic E-state index is 13.5. The fraction of sp³-hybridized carbons (Fsp3) is 0.417. The second-order valence-electron chi connectivity index (χ2n) is 8.11. The number of rotatable bonds is 7. The summed E-state index contributed by atoms with van der Waals surface area (Å²) in [7, 11) is 0. The maximum atomic E-state index is 13.5. The van der Waals surface area contributed by atoms with E-state index in [-0.39, 0.29) is 5.82 Å². The number of alkyl halides is 4. The zero-order valence-corrected chi connectivity index (χ0v) is 21.8. The van der Waals surface area contributed by atoms with Crippen LogP contribution in [0.5, 0.6) is 0 Å². The highest BCUT2D eigenvalue weighted by Crippen LogP contribution is 2.35. The Morgan fingerprint density at radius 2 is 1.57 bits per heavy atom. The first-order chi connectivity index (χ1) is 16.8. The lowest BCUT2D eigenvalue weighted by Crippen LogP contribution is -2.48. The number of hydrogen-bond acceptors (Lipinski definition) is 7. The van der Waals surface area contributed by atoms with Crippen LogP contribution in [0, 0.1) is 0 Å². The second-order valence-corrected chi connectivity index (χ2v) is 8.87. The Morgan fingerprint density at radius 3 is 2.17 bits per heavy atom. The van der Waals surface area contributed by atoms with Crippen LogP contribution in [-0.2, 0) is 10.6 Å². The molecule has 1 saturated heterocycles. The van der Waals surface area contributed by atoms with Gasteiger partial charge in [0.1, 0.15) is 5.82 Å². The van der Waals surface area contributed by atoms with Crippen LogP contribution in [0.3, 0.4) is 0 Å². The molecule has 0 aliphatic carbocycles. The summed E-state index contributed by atoms with van der Waals surface area (Å²) in [6.45, 7) is 7.31. The van der Waals surface area contributed by atoms with Crippen molar-refractivity contribution in [2.24, 2.45) is 0 Å². The molecule has 0 spiro atoms. The van der Waals surface area contributed by atoms with Gasteiger partial charge in [0, 0.05) is 55.5 Å². The minimum Gasteiger partial charge on any atom is -0.353 e. The highest BCUT2D eigenvalue weighted by atomic mass is 127. The van der Waals surface area contributed by atoms with E-state index < -0.39 is 11.7 Å². The van der Waals surface area contributed by atoms with Crippen molar-refractivity contribution >= 4 is 40.3 Å². The van der Waals surface area contributed by atoms with Crippen LogP contribution in [-0.4, -0.2) is 59.2 Å². The first-order valence-corrected chi connectivity index (χ1v) is 13.0. The number of aromatic nitrogens is 4. The molecule has 2 aromatic heterocycles. The van der Waals surface area contributed by atoms with E-state index in [2.05, 4.69) is 44.6 Å². The largest absolute Gasteiger partial charge is 0.419 e. The van der Waals surface area contributed by atoms with Gasteiger partial charge in [0.25, 0.3) is 0 Å². The predicted octanol–water partition coefficient (Wildman–Crippen LogP) is 5.06. The summed E-state index contributed by atoms with van der Waals surface area (Å²) in [6, 6.07) is 10.5. The Kier molecular flexibility index (Phi) is 7.92. The fourth-order valence-electron chi connectivity index (χ4n) is 4.00. The molecule has 0 amide bonds. The Bertz CT molecular complexity index is 1130. The lowest BCUT2D eigenvalue weighted by Gasteiger charge is -2.36. The Labute approximate surface area is 216 Å². The summed E-state index contributed by atoms with van der Waals surface area (Å²) in [5, 5.41) is 0. The molecule has 0 bridgehead atoms. The summed E-state index contributed by atoms with van der Waals surface area (Å²) < 4.78 is 41.3. The molecule has 3 aromatic rings. The number of halogens is 4. The van der Waals surface area contributed by atoms with Crippen LogP contribution < -0.4 is 14.7 Å². The molecule has 0 N–H and O–H groups in total. The van der Waals surface area contributed by atoms with Gasteiger partial charge in [0.2, 0.25) is 11.9 Å². The summed E-state index contributed by atoms with van der Waals surface area (Å²) in [6.07, 6.45) is -3.05. The van der Waals surface area contributed by atoms with Crippen molar-refractivity contribution in [1.29, 1.82) is 0 Å². The van der Waals surface area contributed by atoms with Gasteiger partial charge in [-0.3, -0.25) is 0 Å². The van der Waals surface area contributed by atoms with Crippen LogP contribution >= 0.6 is 22.6 Å². The van der Waals surface area contributed by atoms with Gasteiger partial charge < -0.3 is 14.7 Å². The van der Waals surface area contributed by atoms with E-state index in [0.29, 0.717) is 43.9 Å². The smallest absolute Gasteiger partial charge is 0.353 e. The van der Waals surface area contributed by atoms with Crippen LogP contribution in [0.15, 0.2) is 42.6 Å². The van der Waals surface area contributed by atoms with E-state index in [9.17, 15) is 13.2 Å². The third kappa shape index (κ3) is 5.76. The summed E-state index contributed by atoms with van der Waals surface area (Å²) in [5.74, 6) is 1.68. The molecule has 3 heterocycles. The van der Waals surface area contributed by atoms with Gasteiger partial charge in [-0.05, 0) is 31.5 Å². The minimum atomic E-state index is -4.45. The monoisotopic (exact) mass is 597 g/mol. The van der Waals surface area contributed by atoms with Crippen molar-refractivity contribution in [2.75, 3.05) is 54.0 Å². The van der Waals surface area contributed by atoms with E-state index in [1.54, 1.807) is 4.90 Å². The predicted molar refractivity (Wildman–Crippen MR) is 140 cm³/mol. The van der Waals surface area contributed by atoms with E-state index in [0.717, 1.165) is 29.1 Å². The van der Waals surface area contributed by atoms with Crippen molar-refractivity contribution in [2.45, 2.75) is 24.5 Å². The summed E-state index contributed by atoms with van der Waals surface area (Å²) >= 11 is 2.32. The third-order valence-electron chi connectivity index (χ3n) is 5.98. The lowest BCUT2D eigenvalue weighted by molar-refractivity contribution is -0.137. The number of piperazine rings is 1. The van der Waals surface area contributed by atoms with Crippen molar-refractivity contribution in [3.8, 4) is 11.4 Å². The van der Waals surface area contributed by atoms with E-state index in [1.165, 1.54) is 17.8 Å². The molecular weight excluding hydrogens is 570 g/mol. The van der Waals surface area contributed by atoms with E-state index >= 15 is 0 Å². The molecule has 1 aromatic carbocycles. The molecule has 35 heavy (non-hydrogen) atoms. The average Bonchev–Trinajstić information content (AvgIpc) is 2.89. The summed E-state index contributed by atoms with van der Waals surface area (Å²) in [5.41, 5.74) is 1.41. The minimum absolute atomic E-state index is 0.0323. The topological polar surface area (TPSA) is 61.3 Å². The molecular formula is C24H27F3IN7. The molecule has 186 valence electrons. The van der Waals surface area contributed by atoms with Crippen molar-refractivity contribution in [3.05, 3.63) is 53.7 Å². The number of pyridine rings is 1. The molecule has 11 heteroatoms. The van der Waals surface area contributed by atoms with Crippen LogP contribution in [0.4, 0.5) is 30.9 Å². The highest BCUT2D eigenvalue weighted by Gasteiger charge is 2.36. The Hall–Kier alpha value is -2.70. The second kappa shape index (κ2) is 10.9. The third-order valence-corrected chi connectivity index (χ3v) is 6.86. The van der Waals surface area contributed by atoms with Gasteiger partial charge in [0.05, 0.1) is 5.56 Å². The van der Waals surface area contributed by atoms with Crippen LogP contribution in [0.2, 0.25) is 0 Å². The van der Waals surface area contributed by atoms with Gasteiger partial charge in [-0.15, -0.1) is 0 Å². The Balaban J connectivity index is 1.61. The molecule has 7 nitrogen and oxygen atoms in total. The van der Waals surface area contributed by atoms with Crippen molar-refractivity contribution in [1.82, 2.24) is 19.9 Å². The number of benzene rings is 1. The standard InChI is InChI=1S/C24H27F3IN7/c1-3-33(4-2)22-30-20(18-9-7-17(16-28)8-10-18)31-23(32-22)35-14-12-34(13-15-35)21-19(24(25,26)27)6-5-11-29-21/h5-11H,3-4,12-16H2,1-2H3. The number of anilines is 3. The van der Waals surface area contributed by atoms with Crippen molar-refractivity contribution in [3.63, 3.8) is 0 Å². The Morgan fingerprint density at radius 1 is 0.914 bits per heavy atom. The average molecular weight is 597 g/mol. The molecule has 1 aliphatic heterocycles. The van der Waals surface area contributed by atoms with Gasteiger partial charge in [-0.2, -0.15) is 28.1 Å². The van der Waals surface area contributed by atoms with Crippen LogP contribution in [0.1, 0.15) is 25.0 Å². The maximum Gasteiger partial charge on any atom is 0.419 e. The normalized spacial score (nSPS) is 14.3. The zero-order chi connectivity index (χ0) is 25.0. The quantitative estimate of drug-likeness (QED) is 0.279. The van der Waals surface area contributed by atoms with Gasteiger partial charge >= 0.3 is 6.18 Å². The SMILES string of the molecule is CCN(CC)c1nc(-c2ccc(CI)cc2)nc(N2CCN(c3ncccc3C(F)(F)F)CC2)n1. The number of hydrogen-bond donors (Lipinski definition) is 0. The lowest BCUT2D eigenvalue weighted by atomic mass is 10.1. The van der Waals surface area contributed by atoms with Crippen LogP contribution in [0.25, 0.3) is 11.4 Å². The number of nitrogens with zero attached hydrogens (tertiary/aromatic N) is 7. The molecule has 0 saturated carbocycles. The molecule has 0 radical (unpaired) electrons. The van der Waals surface area contributed by atoms with E-state index in [4.69, 9.17) is 15.0 Å². The molecule has 1 aliphatic rings. The zero-order valence-electron chi connectivity index (χ0n) is 19.6. The highest BCUT2D eigenvalue weighted by molar-refractivity contribution is 14.1. The first kappa shape index (κ1) is 25.4. The van der Waals surface area contributed by atoms with Crippen molar-refractivity contribution < 1.29 is 13.2 Å². The molecule has 1 fully saturated rings. The first-order valence-electron chi connectivity index (χ1n) is 11.5. The fourth-order valence-corrected chi connectivity index (χ4v) is 4.51. The van der Waals surface area contributed by atoms with Gasteiger partial charge in [-0.1, -0.05) is 46.9 Å². The molecule has 0 atom stereocenters. The van der Waals surface area contributed by atoms with E-state index in [1.807, 2.05) is 30.9 Å². The molecule has 4 rings (SSSR count). The molecule has 0 unspecified atom stereocenters. The van der Waals surface area contributed by atoms with Gasteiger partial charge in [0.15, 0.2) is 5.82 Å². The van der Waals surface area contributed by atoms with Gasteiger partial charge in [-0.25, -0.2) is 4.98 Å².